The molecule has 2 aromatic carbocycles. The number of hydrogen-bond donors (Lipinski definition) is 1. The van der Waals surface area contributed by atoms with Crippen LogP contribution in [0.4, 0.5) is 5.95 Å². The van der Waals surface area contributed by atoms with Crippen molar-refractivity contribution in [2.24, 2.45) is 7.05 Å². The summed E-state index contributed by atoms with van der Waals surface area (Å²) in [6, 6.07) is 16.3. The minimum atomic E-state index is 0.102. The first-order valence-electron chi connectivity index (χ1n) is 9.12. The van der Waals surface area contributed by atoms with Gasteiger partial charge >= 0.3 is 0 Å². The number of fused-ring (bicyclic) bond motifs is 2. The summed E-state index contributed by atoms with van der Waals surface area (Å²) >= 11 is 0. The van der Waals surface area contributed by atoms with Crippen LogP contribution in [-0.2, 0) is 7.05 Å². The predicted molar refractivity (Wildman–Crippen MR) is 109 cm³/mol. The minimum Gasteiger partial charge on any atom is -0.348 e. The van der Waals surface area contributed by atoms with Crippen molar-refractivity contribution in [1.82, 2.24) is 29.1 Å². The molecular weight excluding hydrogens is 350 g/mol. The normalized spacial score (nSPS) is 12.5. The lowest BCUT2D eigenvalue weighted by Gasteiger charge is -2.14. The average molecular weight is 369 g/mol. The molecule has 28 heavy (non-hydrogen) atoms. The van der Waals surface area contributed by atoms with Crippen molar-refractivity contribution in [2.45, 2.75) is 13.0 Å². The highest BCUT2D eigenvalue weighted by Gasteiger charge is 2.12. The molecule has 0 amide bonds. The Morgan fingerprint density at radius 1 is 0.893 bits per heavy atom. The van der Waals surface area contributed by atoms with Crippen molar-refractivity contribution in [3.05, 3.63) is 72.9 Å². The lowest BCUT2D eigenvalue weighted by molar-refractivity contribution is 0.854. The van der Waals surface area contributed by atoms with E-state index in [1.54, 1.807) is 12.5 Å². The Hall–Kier alpha value is -3.74. The molecule has 3 aromatic heterocycles. The summed E-state index contributed by atoms with van der Waals surface area (Å²) in [4.78, 5) is 18.0. The number of imidazole rings is 2. The van der Waals surface area contributed by atoms with Crippen LogP contribution in [0.2, 0.25) is 0 Å². The maximum atomic E-state index is 4.70. The monoisotopic (exact) mass is 369 g/mol. The lowest BCUT2D eigenvalue weighted by atomic mass is 10.1. The third-order valence-corrected chi connectivity index (χ3v) is 4.93. The van der Waals surface area contributed by atoms with Crippen LogP contribution in [0, 0.1) is 0 Å². The van der Waals surface area contributed by atoms with E-state index in [4.69, 9.17) is 4.98 Å². The Kier molecular flexibility index (Phi) is 3.79. The molecule has 7 nitrogen and oxygen atoms in total. The van der Waals surface area contributed by atoms with Crippen LogP contribution in [-0.4, -0.2) is 29.1 Å². The van der Waals surface area contributed by atoms with Crippen LogP contribution in [0.5, 0.6) is 0 Å². The highest BCUT2D eigenvalue weighted by atomic mass is 15.2. The molecule has 0 aliphatic rings. The van der Waals surface area contributed by atoms with Crippen LogP contribution < -0.4 is 5.32 Å². The number of nitrogens with one attached hydrogen (secondary N) is 1. The number of rotatable bonds is 4. The van der Waals surface area contributed by atoms with Crippen molar-refractivity contribution in [3.8, 4) is 5.82 Å². The molecule has 138 valence electrons. The van der Waals surface area contributed by atoms with Gasteiger partial charge in [0.05, 0.1) is 34.4 Å². The molecule has 5 rings (SSSR count). The van der Waals surface area contributed by atoms with E-state index < -0.39 is 0 Å². The minimum absolute atomic E-state index is 0.102. The molecule has 3 heterocycles. The van der Waals surface area contributed by atoms with Crippen molar-refractivity contribution < 1.29 is 0 Å². The Morgan fingerprint density at radius 3 is 2.54 bits per heavy atom. The molecule has 1 N–H and O–H groups in total. The van der Waals surface area contributed by atoms with Crippen LogP contribution >= 0.6 is 0 Å². The van der Waals surface area contributed by atoms with Gasteiger partial charge in [0.1, 0.15) is 12.1 Å². The van der Waals surface area contributed by atoms with E-state index >= 15 is 0 Å². The number of aromatic nitrogens is 6. The standard InChI is InChI=1S/C21H19N7/c1-14(15-6-4-3-5-7-15)25-21-22-9-8-20(26-21)28-13-24-17-10-16-18(11-19(17)28)27(2)12-23-16/h3-14H,1-2H3,(H,22,25,26)/t14-/m0/s1. The fourth-order valence-electron chi connectivity index (χ4n) is 3.38. The lowest BCUT2D eigenvalue weighted by Crippen LogP contribution is -2.10. The Balaban J connectivity index is 1.52. The summed E-state index contributed by atoms with van der Waals surface area (Å²) in [6.45, 7) is 2.09. The fourth-order valence-corrected chi connectivity index (χ4v) is 3.38. The molecule has 0 saturated carbocycles. The number of nitrogens with zero attached hydrogens (tertiary/aromatic N) is 6. The van der Waals surface area contributed by atoms with Crippen LogP contribution in [0.15, 0.2) is 67.4 Å². The molecule has 1 atom stereocenters. The van der Waals surface area contributed by atoms with Crippen molar-refractivity contribution in [2.75, 3.05) is 5.32 Å². The van der Waals surface area contributed by atoms with Gasteiger partial charge < -0.3 is 9.88 Å². The molecule has 0 aliphatic heterocycles. The molecule has 0 unspecified atom stereocenters. The topological polar surface area (TPSA) is 73.5 Å². The molecule has 7 heteroatoms. The number of aryl methyl sites for hydroxylation is 1. The van der Waals surface area contributed by atoms with Gasteiger partial charge in [-0.15, -0.1) is 0 Å². The summed E-state index contributed by atoms with van der Waals surface area (Å²) in [5.74, 6) is 1.35. The Bertz CT molecular complexity index is 1270. The smallest absolute Gasteiger partial charge is 0.225 e. The van der Waals surface area contributed by atoms with Crippen LogP contribution in [0.1, 0.15) is 18.5 Å². The average Bonchev–Trinajstić information content (AvgIpc) is 3.30. The van der Waals surface area contributed by atoms with E-state index in [0.717, 1.165) is 27.9 Å². The van der Waals surface area contributed by atoms with Crippen molar-refractivity contribution >= 4 is 28.0 Å². The summed E-state index contributed by atoms with van der Waals surface area (Å²) in [5.41, 5.74) is 5.04. The maximum Gasteiger partial charge on any atom is 0.225 e. The third-order valence-electron chi connectivity index (χ3n) is 4.93. The fraction of sp³-hybridized carbons (Fsp3) is 0.143. The number of hydrogen-bond acceptors (Lipinski definition) is 5. The van der Waals surface area contributed by atoms with E-state index in [1.807, 2.05) is 52.8 Å². The van der Waals surface area contributed by atoms with Crippen LogP contribution in [0.3, 0.4) is 0 Å². The zero-order valence-corrected chi connectivity index (χ0v) is 15.6. The van der Waals surface area contributed by atoms with Gasteiger partial charge in [0.2, 0.25) is 5.95 Å². The van der Waals surface area contributed by atoms with Gasteiger partial charge in [0.15, 0.2) is 0 Å². The first kappa shape index (κ1) is 16.4. The molecule has 0 aliphatic carbocycles. The zero-order chi connectivity index (χ0) is 19.1. The number of benzene rings is 2. The Labute approximate surface area is 161 Å². The molecular formula is C21H19N7. The summed E-state index contributed by atoms with van der Waals surface area (Å²) in [5, 5.41) is 3.37. The van der Waals surface area contributed by atoms with E-state index in [0.29, 0.717) is 5.95 Å². The zero-order valence-electron chi connectivity index (χ0n) is 15.6. The summed E-state index contributed by atoms with van der Waals surface area (Å²) in [7, 11) is 1.99. The summed E-state index contributed by atoms with van der Waals surface area (Å²) < 4.78 is 3.97. The highest BCUT2D eigenvalue weighted by Crippen LogP contribution is 2.23. The second-order valence-corrected chi connectivity index (χ2v) is 6.81. The molecule has 0 spiro atoms. The van der Waals surface area contributed by atoms with E-state index in [1.165, 1.54) is 5.56 Å². The maximum absolute atomic E-state index is 4.70. The first-order valence-corrected chi connectivity index (χ1v) is 9.12. The highest BCUT2D eigenvalue weighted by molar-refractivity contribution is 5.92. The van der Waals surface area contributed by atoms with Crippen molar-refractivity contribution in [1.29, 1.82) is 0 Å². The predicted octanol–water partition coefficient (Wildman–Crippen LogP) is 3.88. The van der Waals surface area contributed by atoms with Gasteiger partial charge in [-0.1, -0.05) is 30.3 Å². The van der Waals surface area contributed by atoms with Gasteiger partial charge in [-0.2, -0.15) is 4.98 Å². The van der Waals surface area contributed by atoms with E-state index in [2.05, 4.69) is 45.4 Å². The van der Waals surface area contributed by atoms with E-state index in [9.17, 15) is 0 Å². The van der Waals surface area contributed by atoms with Gasteiger partial charge in [-0.3, -0.25) is 4.57 Å². The van der Waals surface area contributed by atoms with Crippen LogP contribution in [0.25, 0.3) is 27.9 Å². The second kappa shape index (κ2) is 6.45. The third kappa shape index (κ3) is 2.77. The van der Waals surface area contributed by atoms with Gasteiger partial charge in [-0.25, -0.2) is 15.0 Å². The molecule has 5 aromatic rings. The summed E-state index contributed by atoms with van der Waals surface area (Å²) in [6.07, 6.45) is 5.36. The first-order chi connectivity index (χ1) is 13.7. The largest absolute Gasteiger partial charge is 0.348 e. The SMILES string of the molecule is C[C@H](Nc1nccc(-n2cnc3cc4ncn(C)c4cc32)n1)c1ccccc1. The molecule has 0 bridgehead atoms. The van der Waals surface area contributed by atoms with E-state index in [-0.39, 0.29) is 6.04 Å². The molecule has 0 fully saturated rings. The Morgan fingerprint density at radius 2 is 1.68 bits per heavy atom. The molecule has 0 radical (unpaired) electrons. The quantitative estimate of drug-likeness (QED) is 0.520. The molecule has 0 saturated heterocycles. The van der Waals surface area contributed by atoms with Gasteiger partial charge in [0.25, 0.3) is 0 Å². The van der Waals surface area contributed by atoms with Gasteiger partial charge in [-0.05, 0) is 30.7 Å². The number of anilines is 1. The second-order valence-electron chi connectivity index (χ2n) is 6.81. The van der Waals surface area contributed by atoms with Crippen molar-refractivity contribution in [3.63, 3.8) is 0 Å². The van der Waals surface area contributed by atoms with Gasteiger partial charge in [0, 0.05) is 13.2 Å².